The molecule has 0 aliphatic rings. The van der Waals surface area contributed by atoms with Crippen LogP contribution in [0.4, 0.5) is 11.4 Å². The van der Waals surface area contributed by atoms with Crippen LogP contribution in [0.2, 0.25) is 0 Å². The predicted molar refractivity (Wildman–Crippen MR) is 253 cm³/mol. The molecule has 312 valence electrons. The van der Waals surface area contributed by atoms with Crippen molar-refractivity contribution in [3.8, 4) is 0 Å². The molecule has 0 radical (unpaired) electrons. The molecule has 4 aromatic rings. The summed E-state index contributed by atoms with van der Waals surface area (Å²) in [4.78, 5) is 0. The zero-order valence-electron chi connectivity index (χ0n) is 36.7. The second-order valence-electron chi connectivity index (χ2n) is 17.5. The van der Waals surface area contributed by atoms with Crippen LogP contribution in [0.5, 0.6) is 0 Å². The molecule has 0 atom stereocenters. The van der Waals surface area contributed by atoms with Crippen LogP contribution in [0.15, 0.2) is 84.9 Å². The Morgan fingerprint density at radius 1 is 0.281 bits per heavy atom. The van der Waals surface area contributed by atoms with Crippen LogP contribution in [0.3, 0.4) is 0 Å². The van der Waals surface area contributed by atoms with Gasteiger partial charge in [-0.2, -0.15) is 0 Å². The number of rotatable bonds is 32. The van der Waals surface area contributed by atoms with Gasteiger partial charge in [0.2, 0.25) is 0 Å². The lowest BCUT2D eigenvalue weighted by atomic mass is 9.97. The lowest BCUT2D eigenvalue weighted by Crippen LogP contribution is -1.98. The maximum absolute atomic E-state index is 6.29. The van der Waals surface area contributed by atoms with Crippen molar-refractivity contribution in [2.75, 3.05) is 11.5 Å². The monoisotopic (exact) mass is 771 g/mol. The van der Waals surface area contributed by atoms with Crippen LogP contribution in [0.1, 0.15) is 206 Å². The minimum absolute atomic E-state index is 0.954. The highest BCUT2D eigenvalue weighted by Crippen LogP contribution is 2.23. The van der Waals surface area contributed by atoms with E-state index in [4.69, 9.17) is 11.5 Å². The van der Waals surface area contributed by atoms with Gasteiger partial charge in [0.05, 0.1) is 0 Å². The lowest BCUT2D eigenvalue weighted by Gasteiger charge is -2.10. The van der Waals surface area contributed by atoms with Crippen LogP contribution >= 0.6 is 0 Å². The van der Waals surface area contributed by atoms with Gasteiger partial charge in [-0.3, -0.25) is 0 Å². The van der Waals surface area contributed by atoms with Gasteiger partial charge in [0, 0.05) is 11.4 Å². The van der Waals surface area contributed by atoms with E-state index in [0.29, 0.717) is 0 Å². The van der Waals surface area contributed by atoms with Gasteiger partial charge in [0.15, 0.2) is 0 Å². The average Bonchev–Trinajstić information content (AvgIpc) is 3.22. The molecule has 0 aliphatic carbocycles. The largest absolute Gasteiger partial charge is 0.399 e. The summed E-state index contributed by atoms with van der Waals surface area (Å²) in [7, 11) is 0. The molecule has 2 nitrogen and oxygen atoms in total. The van der Waals surface area contributed by atoms with E-state index in [1.54, 1.807) is 0 Å². The number of unbranched alkanes of at least 4 members (excludes halogenated alkanes) is 20. The molecule has 0 spiro atoms. The van der Waals surface area contributed by atoms with E-state index in [-0.39, 0.29) is 0 Å². The van der Waals surface area contributed by atoms with Crippen molar-refractivity contribution in [1.82, 2.24) is 0 Å². The average molecular weight is 771 g/mol. The van der Waals surface area contributed by atoms with E-state index in [9.17, 15) is 0 Å². The minimum Gasteiger partial charge on any atom is -0.399 e. The summed E-state index contributed by atoms with van der Waals surface area (Å²) < 4.78 is 0. The molecule has 0 unspecified atom stereocenters. The second-order valence-corrected chi connectivity index (χ2v) is 17.5. The molecular formula is C55H82N2. The summed E-state index contributed by atoms with van der Waals surface area (Å²) in [6.07, 6.45) is 37.9. The second kappa shape index (κ2) is 28.8. The molecule has 0 aliphatic heterocycles. The molecule has 0 fully saturated rings. The van der Waals surface area contributed by atoms with Gasteiger partial charge < -0.3 is 11.5 Å². The molecule has 0 saturated carbocycles. The molecule has 4 aromatic carbocycles. The highest BCUT2D eigenvalue weighted by Gasteiger charge is 2.06. The maximum Gasteiger partial charge on any atom is 0.0346 e. The van der Waals surface area contributed by atoms with Gasteiger partial charge in [0.1, 0.15) is 0 Å². The van der Waals surface area contributed by atoms with E-state index in [1.807, 2.05) is 0 Å². The normalized spacial score (nSPS) is 11.4. The summed E-state index contributed by atoms with van der Waals surface area (Å²) in [6, 6.07) is 32.1. The smallest absolute Gasteiger partial charge is 0.0346 e. The fourth-order valence-electron chi connectivity index (χ4n) is 8.53. The van der Waals surface area contributed by atoms with Crippen molar-refractivity contribution in [3.05, 3.63) is 129 Å². The van der Waals surface area contributed by atoms with Crippen LogP contribution < -0.4 is 11.5 Å². The molecule has 4 rings (SSSR count). The Kier molecular flexibility index (Phi) is 23.3. The molecule has 0 bridgehead atoms. The fraction of sp³-hybridized carbons (Fsp3) is 0.564. The number of nitrogen functional groups attached to an aromatic ring is 2. The Morgan fingerprint density at radius 3 is 0.877 bits per heavy atom. The Bertz CT molecular complexity index is 1480. The fourth-order valence-corrected chi connectivity index (χ4v) is 8.53. The quantitative estimate of drug-likeness (QED) is 0.0384. The zero-order valence-corrected chi connectivity index (χ0v) is 36.7. The third-order valence-corrected chi connectivity index (χ3v) is 12.3. The summed E-state index contributed by atoms with van der Waals surface area (Å²) in [6.45, 7) is 4.53. The van der Waals surface area contributed by atoms with Crippen LogP contribution in [-0.2, 0) is 38.5 Å². The van der Waals surface area contributed by atoms with E-state index in [1.165, 1.54) is 205 Å². The lowest BCUT2D eigenvalue weighted by molar-refractivity contribution is 0.530. The zero-order chi connectivity index (χ0) is 40.2. The van der Waals surface area contributed by atoms with Crippen LogP contribution in [0, 0.1) is 0 Å². The number of hydrogen-bond donors (Lipinski definition) is 2. The Labute approximate surface area is 351 Å². The van der Waals surface area contributed by atoms with E-state index < -0.39 is 0 Å². The SMILES string of the molecule is CCCCCCc1cc(Cc2ccc(CCCCCCCCCCCCCCCCCc3ccc(Cc4ccc(N)c(CCCCCC)c4)cc3)cc2)ccc1N. The van der Waals surface area contributed by atoms with E-state index in [2.05, 4.69) is 98.8 Å². The Hall–Kier alpha value is -3.52. The van der Waals surface area contributed by atoms with Crippen molar-refractivity contribution in [3.63, 3.8) is 0 Å². The van der Waals surface area contributed by atoms with Gasteiger partial charge >= 0.3 is 0 Å². The number of nitrogens with two attached hydrogens (primary N) is 2. The molecule has 2 heteroatoms. The number of anilines is 2. The predicted octanol–water partition coefficient (Wildman–Crippen LogP) is 15.9. The first-order valence-corrected chi connectivity index (χ1v) is 23.9. The van der Waals surface area contributed by atoms with Crippen LogP contribution in [0.25, 0.3) is 0 Å². The molecule has 0 saturated heterocycles. The van der Waals surface area contributed by atoms with Gasteiger partial charge in [-0.1, -0.05) is 209 Å². The molecule has 4 N–H and O–H groups in total. The topological polar surface area (TPSA) is 52.0 Å². The van der Waals surface area contributed by atoms with Crippen molar-refractivity contribution >= 4 is 11.4 Å². The van der Waals surface area contributed by atoms with E-state index in [0.717, 1.165) is 37.1 Å². The van der Waals surface area contributed by atoms with Crippen molar-refractivity contribution < 1.29 is 0 Å². The summed E-state index contributed by atoms with van der Waals surface area (Å²) in [5.74, 6) is 0. The van der Waals surface area contributed by atoms with Gasteiger partial charge in [-0.05, 0) is 121 Å². The Morgan fingerprint density at radius 2 is 0.544 bits per heavy atom. The molecule has 0 amide bonds. The van der Waals surface area contributed by atoms with Crippen molar-refractivity contribution in [1.29, 1.82) is 0 Å². The van der Waals surface area contributed by atoms with Gasteiger partial charge in [-0.15, -0.1) is 0 Å². The molecular weight excluding hydrogens is 689 g/mol. The number of benzene rings is 4. The van der Waals surface area contributed by atoms with Crippen molar-refractivity contribution in [2.45, 2.75) is 200 Å². The minimum atomic E-state index is 0.954. The third kappa shape index (κ3) is 19.7. The molecule has 0 heterocycles. The standard InChI is InChI=1S/C55H82N2/c1-3-5-7-24-28-52-44-50(38-40-54(52)56)42-48-34-30-46(31-35-48)26-22-20-18-16-14-12-10-9-11-13-15-17-19-21-23-27-47-32-36-49(37-33-47)43-51-39-41-55(57)53(45-51)29-25-8-6-4-2/h30-41,44-45H,3-29,42-43,56-57H2,1-2H3. The van der Waals surface area contributed by atoms with Crippen molar-refractivity contribution in [2.24, 2.45) is 0 Å². The summed E-state index contributed by atoms with van der Waals surface area (Å²) >= 11 is 0. The summed E-state index contributed by atoms with van der Waals surface area (Å²) in [5.41, 5.74) is 25.7. The van der Waals surface area contributed by atoms with Gasteiger partial charge in [-0.25, -0.2) is 0 Å². The first-order chi connectivity index (χ1) is 28.0. The summed E-state index contributed by atoms with van der Waals surface area (Å²) in [5, 5.41) is 0. The van der Waals surface area contributed by atoms with Crippen LogP contribution in [-0.4, -0.2) is 0 Å². The molecule has 57 heavy (non-hydrogen) atoms. The first-order valence-electron chi connectivity index (χ1n) is 23.9. The number of hydrogen-bond acceptors (Lipinski definition) is 2. The Balaban J connectivity index is 0.924. The third-order valence-electron chi connectivity index (χ3n) is 12.3. The maximum atomic E-state index is 6.29. The highest BCUT2D eigenvalue weighted by molar-refractivity contribution is 5.50. The van der Waals surface area contributed by atoms with Gasteiger partial charge in [0.25, 0.3) is 0 Å². The van der Waals surface area contributed by atoms with E-state index >= 15 is 0 Å². The number of aryl methyl sites for hydroxylation is 4. The highest BCUT2D eigenvalue weighted by atomic mass is 14.6. The molecule has 0 aromatic heterocycles. The first kappa shape index (κ1) is 46.2.